The second-order valence-electron chi connectivity index (χ2n) is 4.79. The van der Waals surface area contributed by atoms with Crippen molar-refractivity contribution in [3.63, 3.8) is 0 Å². The lowest BCUT2D eigenvalue weighted by atomic mass is 10.0. The van der Waals surface area contributed by atoms with E-state index in [0.29, 0.717) is 12.0 Å². The maximum atomic E-state index is 5.55. The van der Waals surface area contributed by atoms with Crippen LogP contribution in [0.15, 0.2) is 23.0 Å². The summed E-state index contributed by atoms with van der Waals surface area (Å²) in [4.78, 5) is 2.33. The molecule has 0 radical (unpaired) electrons. The van der Waals surface area contributed by atoms with Crippen LogP contribution in [0, 0.1) is 5.92 Å². The van der Waals surface area contributed by atoms with E-state index in [1.54, 1.807) is 6.26 Å². The minimum Gasteiger partial charge on any atom is -0.472 e. The molecule has 96 valence electrons. The number of furan rings is 1. The fourth-order valence-electron chi connectivity index (χ4n) is 2.43. The molecular formula is C13H22N2O2. The van der Waals surface area contributed by atoms with Crippen LogP contribution in [-0.4, -0.2) is 44.3 Å². The maximum Gasteiger partial charge on any atom is 0.0947 e. The Labute approximate surface area is 103 Å². The average molecular weight is 238 g/mol. The lowest BCUT2D eigenvalue weighted by Gasteiger charge is -2.24. The second kappa shape index (κ2) is 6.19. The zero-order valence-electron chi connectivity index (χ0n) is 10.7. The van der Waals surface area contributed by atoms with Crippen LogP contribution >= 0.6 is 0 Å². The van der Waals surface area contributed by atoms with Gasteiger partial charge in [0.05, 0.1) is 25.7 Å². The lowest BCUT2D eigenvalue weighted by molar-refractivity contribution is 0.172. The highest BCUT2D eigenvalue weighted by molar-refractivity contribution is 5.04. The largest absolute Gasteiger partial charge is 0.472 e. The summed E-state index contributed by atoms with van der Waals surface area (Å²) in [5.74, 6) is 0.590. The van der Waals surface area contributed by atoms with E-state index in [-0.39, 0.29) is 0 Å². The topological polar surface area (TPSA) is 37.6 Å². The number of nitrogens with one attached hydrogen (secondary N) is 1. The van der Waals surface area contributed by atoms with Gasteiger partial charge in [-0.1, -0.05) is 6.92 Å². The van der Waals surface area contributed by atoms with Gasteiger partial charge >= 0.3 is 0 Å². The van der Waals surface area contributed by atoms with Gasteiger partial charge in [0.15, 0.2) is 0 Å². The Balaban J connectivity index is 1.79. The van der Waals surface area contributed by atoms with Gasteiger partial charge in [-0.2, -0.15) is 0 Å². The smallest absolute Gasteiger partial charge is 0.0947 e. The van der Waals surface area contributed by atoms with Crippen molar-refractivity contribution in [3.05, 3.63) is 24.2 Å². The normalized spacial score (nSPS) is 24.6. The first-order chi connectivity index (χ1) is 8.29. The van der Waals surface area contributed by atoms with Crippen LogP contribution in [0.3, 0.4) is 0 Å². The fourth-order valence-corrected chi connectivity index (χ4v) is 2.43. The van der Waals surface area contributed by atoms with Crippen molar-refractivity contribution >= 4 is 0 Å². The van der Waals surface area contributed by atoms with Gasteiger partial charge in [-0.05, 0) is 19.7 Å². The highest BCUT2D eigenvalue weighted by atomic mass is 16.5. The van der Waals surface area contributed by atoms with E-state index >= 15 is 0 Å². The zero-order chi connectivity index (χ0) is 12.1. The van der Waals surface area contributed by atoms with Gasteiger partial charge in [0, 0.05) is 30.6 Å². The number of rotatable bonds is 6. The van der Waals surface area contributed by atoms with Gasteiger partial charge in [0.2, 0.25) is 0 Å². The summed E-state index contributed by atoms with van der Waals surface area (Å²) in [6, 6.07) is 2.52. The summed E-state index contributed by atoms with van der Waals surface area (Å²) in [5.41, 5.74) is 1.23. The third kappa shape index (κ3) is 3.56. The van der Waals surface area contributed by atoms with Crippen LogP contribution in [0.5, 0.6) is 0 Å². The molecule has 1 N–H and O–H groups in total. The first kappa shape index (κ1) is 12.6. The van der Waals surface area contributed by atoms with Crippen molar-refractivity contribution in [3.8, 4) is 0 Å². The van der Waals surface area contributed by atoms with Crippen molar-refractivity contribution in [2.24, 2.45) is 5.92 Å². The van der Waals surface area contributed by atoms with Crippen molar-refractivity contribution in [1.29, 1.82) is 0 Å². The molecule has 0 aromatic carbocycles. The Morgan fingerprint density at radius 3 is 3.06 bits per heavy atom. The van der Waals surface area contributed by atoms with E-state index in [1.165, 1.54) is 5.56 Å². The molecule has 4 heteroatoms. The molecule has 1 fully saturated rings. The zero-order valence-corrected chi connectivity index (χ0v) is 10.7. The molecule has 0 saturated carbocycles. The minimum atomic E-state index is 0.506. The van der Waals surface area contributed by atoms with E-state index in [0.717, 1.165) is 32.8 Å². The van der Waals surface area contributed by atoms with E-state index in [2.05, 4.69) is 24.2 Å². The van der Waals surface area contributed by atoms with Crippen LogP contribution in [-0.2, 0) is 11.3 Å². The summed E-state index contributed by atoms with van der Waals surface area (Å²) in [6.45, 7) is 6.86. The monoisotopic (exact) mass is 238 g/mol. The molecule has 1 aliphatic rings. The summed E-state index contributed by atoms with van der Waals surface area (Å²) >= 11 is 0. The summed E-state index contributed by atoms with van der Waals surface area (Å²) in [5, 5.41) is 3.49. The van der Waals surface area contributed by atoms with Gasteiger partial charge in [0.25, 0.3) is 0 Å². The first-order valence-electron chi connectivity index (χ1n) is 6.30. The van der Waals surface area contributed by atoms with Gasteiger partial charge in [-0.3, -0.25) is 0 Å². The third-order valence-corrected chi connectivity index (χ3v) is 3.24. The lowest BCUT2D eigenvalue weighted by Crippen LogP contribution is -2.40. The summed E-state index contributed by atoms with van der Waals surface area (Å²) in [7, 11) is 2.15. The Morgan fingerprint density at radius 1 is 1.47 bits per heavy atom. The molecule has 1 saturated heterocycles. The number of nitrogens with zero attached hydrogens (tertiary/aromatic N) is 1. The molecule has 17 heavy (non-hydrogen) atoms. The SMILES string of the molecule is CCNC1COCC1CN(C)Cc1ccoc1. The molecule has 2 heterocycles. The Kier molecular flexibility index (Phi) is 4.59. The quantitative estimate of drug-likeness (QED) is 0.811. The molecule has 1 aromatic rings. The minimum absolute atomic E-state index is 0.506. The molecule has 0 amide bonds. The molecule has 1 aliphatic heterocycles. The Morgan fingerprint density at radius 2 is 2.35 bits per heavy atom. The number of hydrogen-bond acceptors (Lipinski definition) is 4. The summed E-state index contributed by atoms with van der Waals surface area (Å²) < 4.78 is 10.6. The van der Waals surface area contributed by atoms with Crippen molar-refractivity contribution in [2.45, 2.75) is 19.5 Å². The Hall–Kier alpha value is -0.840. The van der Waals surface area contributed by atoms with Gasteiger partial charge in [-0.15, -0.1) is 0 Å². The standard InChI is InChI=1S/C13H22N2O2/c1-3-14-13-10-17-9-12(13)7-15(2)6-11-4-5-16-8-11/h4-5,8,12-14H,3,6-7,9-10H2,1-2H3. The van der Waals surface area contributed by atoms with Crippen molar-refractivity contribution in [2.75, 3.05) is 33.4 Å². The molecule has 2 unspecified atom stereocenters. The molecule has 1 aromatic heterocycles. The van der Waals surface area contributed by atoms with Gasteiger partial charge in [0.1, 0.15) is 0 Å². The van der Waals surface area contributed by atoms with Gasteiger partial charge in [-0.25, -0.2) is 0 Å². The molecule has 2 atom stereocenters. The van der Waals surface area contributed by atoms with Crippen LogP contribution in [0.25, 0.3) is 0 Å². The fraction of sp³-hybridized carbons (Fsp3) is 0.692. The molecule has 0 bridgehead atoms. The average Bonchev–Trinajstić information content (AvgIpc) is 2.92. The Bertz CT molecular complexity index is 313. The van der Waals surface area contributed by atoms with Crippen LogP contribution in [0.1, 0.15) is 12.5 Å². The molecule has 0 aliphatic carbocycles. The molecular weight excluding hydrogens is 216 g/mol. The summed E-state index contributed by atoms with van der Waals surface area (Å²) in [6.07, 6.45) is 3.53. The van der Waals surface area contributed by atoms with Crippen LogP contribution in [0.4, 0.5) is 0 Å². The van der Waals surface area contributed by atoms with Gasteiger partial charge < -0.3 is 19.4 Å². The number of likely N-dealkylation sites (N-methyl/N-ethyl adjacent to an activating group) is 1. The number of hydrogen-bond donors (Lipinski definition) is 1. The van der Waals surface area contributed by atoms with E-state index < -0.39 is 0 Å². The van der Waals surface area contributed by atoms with Crippen LogP contribution in [0.2, 0.25) is 0 Å². The first-order valence-corrected chi connectivity index (χ1v) is 6.30. The molecule has 0 spiro atoms. The molecule has 2 rings (SSSR count). The highest BCUT2D eigenvalue weighted by Gasteiger charge is 2.28. The predicted octanol–water partition coefficient (Wildman–Crippen LogP) is 1.34. The van der Waals surface area contributed by atoms with E-state index in [1.807, 2.05) is 12.3 Å². The molecule has 4 nitrogen and oxygen atoms in total. The predicted molar refractivity (Wildman–Crippen MR) is 66.8 cm³/mol. The highest BCUT2D eigenvalue weighted by Crippen LogP contribution is 2.16. The maximum absolute atomic E-state index is 5.55. The van der Waals surface area contributed by atoms with Crippen molar-refractivity contribution in [1.82, 2.24) is 10.2 Å². The third-order valence-electron chi connectivity index (χ3n) is 3.24. The van der Waals surface area contributed by atoms with Crippen molar-refractivity contribution < 1.29 is 9.15 Å². The van der Waals surface area contributed by atoms with E-state index in [4.69, 9.17) is 9.15 Å². The number of ether oxygens (including phenoxy) is 1. The second-order valence-corrected chi connectivity index (χ2v) is 4.79. The van der Waals surface area contributed by atoms with Crippen LogP contribution < -0.4 is 5.32 Å². The van der Waals surface area contributed by atoms with E-state index in [9.17, 15) is 0 Å².